The van der Waals surface area contributed by atoms with Crippen molar-refractivity contribution in [2.75, 3.05) is 13.1 Å². The van der Waals surface area contributed by atoms with Crippen molar-refractivity contribution in [1.82, 2.24) is 10.2 Å². The second-order valence-electron chi connectivity index (χ2n) is 5.21. The van der Waals surface area contributed by atoms with Gasteiger partial charge >= 0.3 is 5.97 Å². The van der Waals surface area contributed by atoms with E-state index in [9.17, 15) is 14.7 Å². The summed E-state index contributed by atoms with van der Waals surface area (Å²) < 4.78 is 0. The average molecular weight is 240 g/mol. The maximum atomic E-state index is 12.4. The highest BCUT2D eigenvalue weighted by Crippen LogP contribution is 2.26. The van der Waals surface area contributed by atoms with Crippen molar-refractivity contribution in [2.24, 2.45) is 0 Å². The molecule has 17 heavy (non-hydrogen) atoms. The van der Waals surface area contributed by atoms with Gasteiger partial charge in [-0.15, -0.1) is 0 Å². The molecule has 2 atom stereocenters. The SMILES string of the molecule is CC1(C(=O)N2CCCC[C@@H]2C(=O)O)CCCN1. The minimum atomic E-state index is -0.875. The van der Waals surface area contributed by atoms with Gasteiger partial charge in [-0.3, -0.25) is 4.79 Å². The first-order chi connectivity index (χ1) is 8.04. The normalized spacial score (nSPS) is 33.7. The van der Waals surface area contributed by atoms with Crippen LogP contribution >= 0.6 is 0 Å². The van der Waals surface area contributed by atoms with Gasteiger partial charge in [0.15, 0.2) is 0 Å². The van der Waals surface area contributed by atoms with Crippen LogP contribution in [0.1, 0.15) is 39.0 Å². The minimum absolute atomic E-state index is 0.0397. The van der Waals surface area contributed by atoms with Gasteiger partial charge in [0.1, 0.15) is 6.04 Å². The number of likely N-dealkylation sites (tertiary alicyclic amines) is 1. The molecule has 0 spiro atoms. The van der Waals surface area contributed by atoms with E-state index in [0.717, 1.165) is 32.2 Å². The summed E-state index contributed by atoms with van der Waals surface area (Å²) in [4.78, 5) is 25.2. The first-order valence-electron chi connectivity index (χ1n) is 6.33. The fraction of sp³-hybridized carbons (Fsp3) is 0.833. The molecule has 1 amide bonds. The number of nitrogens with zero attached hydrogens (tertiary/aromatic N) is 1. The molecule has 0 aromatic carbocycles. The predicted octanol–water partition coefficient (Wildman–Crippen LogP) is 0.594. The number of hydrogen-bond donors (Lipinski definition) is 2. The molecule has 2 saturated heterocycles. The van der Waals surface area contributed by atoms with E-state index >= 15 is 0 Å². The molecular formula is C12H20N2O3. The lowest BCUT2D eigenvalue weighted by Gasteiger charge is -2.38. The number of carboxylic acids is 1. The van der Waals surface area contributed by atoms with Crippen molar-refractivity contribution in [1.29, 1.82) is 0 Å². The number of aliphatic carboxylic acids is 1. The summed E-state index contributed by atoms with van der Waals surface area (Å²) in [6.45, 7) is 3.30. The number of carbonyl (C=O) groups is 2. The molecule has 2 fully saturated rings. The maximum absolute atomic E-state index is 12.4. The summed E-state index contributed by atoms with van der Waals surface area (Å²) in [5, 5.41) is 12.4. The van der Waals surface area contributed by atoms with Crippen molar-refractivity contribution in [3.05, 3.63) is 0 Å². The van der Waals surface area contributed by atoms with Crippen LogP contribution in [-0.2, 0) is 9.59 Å². The van der Waals surface area contributed by atoms with Crippen LogP contribution in [-0.4, -0.2) is 46.6 Å². The zero-order valence-electron chi connectivity index (χ0n) is 10.2. The molecule has 1 unspecified atom stereocenters. The van der Waals surface area contributed by atoms with Crippen LogP contribution in [0.15, 0.2) is 0 Å². The highest BCUT2D eigenvalue weighted by atomic mass is 16.4. The maximum Gasteiger partial charge on any atom is 0.326 e. The third kappa shape index (κ3) is 2.29. The van der Waals surface area contributed by atoms with E-state index in [0.29, 0.717) is 13.0 Å². The van der Waals surface area contributed by atoms with Crippen LogP contribution in [0, 0.1) is 0 Å². The van der Waals surface area contributed by atoms with E-state index < -0.39 is 17.6 Å². The number of carboxylic acid groups (broad SMARTS) is 1. The number of amides is 1. The van der Waals surface area contributed by atoms with E-state index in [-0.39, 0.29) is 5.91 Å². The van der Waals surface area contributed by atoms with Crippen LogP contribution in [0.3, 0.4) is 0 Å². The Morgan fingerprint density at radius 2 is 2.12 bits per heavy atom. The molecule has 0 aromatic rings. The topological polar surface area (TPSA) is 69.6 Å². The average Bonchev–Trinajstić information content (AvgIpc) is 2.76. The van der Waals surface area contributed by atoms with Gasteiger partial charge in [0, 0.05) is 6.54 Å². The monoisotopic (exact) mass is 240 g/mol. The summed E-state index contributed by atoms with van der Waals surface area (Å²) in [5.41, 5.74) is -0.551. The molecule has 2 rings (SSSR count). The van der Waals surface area contributed by atoms with Crippen molar-refractivity contribution in [2.45, 2.75) is 50.6 Å². The van der Waals surface area contributed by atoms with Gasteiger partial charge in [-0.2, -0.15) is 0 Å². The van der Waals surface area contributed by atoms with Crippen LogP contribution in [0.4, 0.5) is 0 Å². The van der Waals surface area contributed by atoms with Gasteiger partial charge in [0.2, 0.25) is 5.91 Å². The second kappa shape index (κ2) is 4.64. The Hall–Kier alpha value is -1.10. The van der Waals surface area contributed by atoms with Crippen LogP contribution in [0.2, 0.25) is 0 Å². The predicted molar refractivity (Wildman–Crippen MR) is 62.6 cm³/mol. The van der Waals surface area contributed by atoms with E-state index in [1.165, 1.54) is 0 Å². The Morgan fingerprint density at radius 1 is 1.35 bits per heavy atom. The number of rotatable bonds is 2. The highest BCUT2D eigenvalue weighted by molar-refractivity contribution is 5.90. The van der Waals surface area contributed by atoms with E-state index in [1.54, 1.807) is 4.90 Å². The lowest BCUT2D eigenvalue weighted by Crippen LogP contribution is -2.58. The van der Waals surface area contributed by atoms with Gasteiger partial charge in [0.25, 0.3) is 0 Å². The third-order valence-corrected chi connectivity index (χ3v) is 3.89. The molecule has 2 aliphatic rings. The molecule has 2 heterocycles. The molecule has 0 saturated carbocycles. The van der Waals surface area contributed by atoms with Gasteiger partial charge in [-0.25, -0.2) is 4.79 Å². The summed E-state index contributed by atoms with van der Waals surface area (Å²) in [6, 6.07) is -0.629. The zero-order chi connectivity index (χ0) is 12.5. The molecule has 5 heteroatoms. The minimum Gasteiger partial charge on any atom is -0.480 e. The number of nitrogens with one attached hydrogen (secondary N) is 1. The Balaban J connectivity index is 2.13. The molecule has 0 radical (unpaired) electrons. The summed E-state index contributed by atoms with van der Waals surface area (Å²) in [6.07, 6.45) is 4.16. The molecule has 2 aliphatic heterocycles. The van der Waals surface area contributed by atoms with Crippen LogP contribution in [0.25, 0.3) is 0 Å². The quantitative estimate of drug-likeness (QED) is 0.741. The molecule has 0 aromatic heterocycles. The van der Waals surface area contributed by atoms with Crippen molar-refractivity contribution in [3.63, 3.8) is 0 Å². The standard InChI is InChI=1S/C12H20N2O3/c1-12(6-4-7-13-12)11(17)14-8-3-2-5-9(14)10(15)16/h9,13H,2-8H2,1H3,(H,15,16)/t9-,12?/m1/s1. The molecule has 96 valence electrons. The van der Waals surface area contributed by atoms with E-state index in [1.807, 2.05) is 6.92 Å². The Bertz CT molecular complexity index is 324. The lowest BCUT2D eigenvalue weighted by atomic mass is 9.94. The van der Waals surface area contributed by atoms with Crippen LogP contribution < -0.4 is 5.32 Å². The smallest absolute Gasteiger partial charge is 0.326 e. The summed E-state index contributed by atoms with van der Waals surface area (Å²) >= 11 is 0. The largest absolute Gasteiger partial charge is 0.480 e. The zero-order valence-corrected chi connectivity index (χ0v) is 10.2. The number of piperidine rings is 1. The van der Waals surface area contributed by atoms with Crippen LogP contribution in [0.5, 0.6) is 0 Å². The molecule has 0 bridgehead atoms. The summed E-state index contributed by atoms with van der Waals surface area (Å²) in [5.74, 6) is -0.915. The Kier molecular flexibility index (Phi) is 3.38. The summed E-state index contributed by atoms with van der Waals surface area (Å²) in [7, 11) is 0. The third-order valence-electron chi connectivity index (χ3n) is 3.89. The number of hydrogen-bond acceptors (Lipinski definition) is 3. The highest BCUT2D eigenvalue weighted by Gasteiger charge is 2.43. The molecule has 5 nitrogen and oxygen atoms in total. The fourth-order valence-electron chi connectivity index (χ4n) is 2.83. The second-order valence-corrected chi connectivity index (χ2v) is 5.21. The van der Waals surface area contributed by atoms with E-state index in [4.69, 9.17) is 0 Å². The van der Waals surface area contributed by atoms with Crippen molar-refractivity contribution < 1.29 is 14.7 Å². The van der Waals surface area contributed by atoms with Gasteiger partial charge < -0.3 is 15.3 Å². The van der Waals surface area contributed by atoms with Gasteiger partial charge in [-0.05, 0) is 45.6 Å². The lowest BCUT2D eigenvalue weighted by molar-refractivity contribution is -0.154. The Morgan fingerprint density at radius 3 is 2.71 bits per heavy atom. The van der Waals surface area contributed by atoms with Crippen molar-refractivity contribution >= 4 is 11.9 Å². The fourth-order valence-corrected chi connectivity index (χ4v) is 2.83. The number of carbonyl (C=O) groups excluding carboxylic acids is 1. The first kappa shape index (κ1) is 12.4. The first-order valence-corrected chi connectivity index (χ1v) is 6.33. The molecular weight excluding hydrogens is 220 g/mol. The van der Waals surface area contributed by atoms with Crippen molar-refractivity contribution in [3.8, 4) is 0 Å². The van der Waals surface area contributed by atoms with Gasteiger partial charge in [-0.1, -0.05) is 0 Å². The van der Waals surface area contributed by atoms with E-state index in [2.05, 4.69) is 5.32 Å². The van der Waals surface area contributed by atoms with Gasteiger partial charge in [0.05, 0.1) is 5.54 Å². The molecule has 0 aliphatic carbocycles. The Labute approximate surface area is 101 Å². The molecule has 2 N–H and O–H groups in total.